The van der Waals surface area contributed by atoms with Crippen LogP contribution in [-0.2, 0) is 14.3 Å². The van der Waals surface area contributed by atoms with Crippen molar-refractivity contribution >= 4 is 18.1 Å². The van der Waals surface area contributed by atoms with Crippen LogP contribution in [0.2, 0.25) is 0 Å². The Balaban J connectivity index is 3.02. The molecular formula is C17H25NO5. The average Bonchev–Trinajstić information content (AvgIpc) is 2.92. The van der Waals surface area contributed by atoms with Crippen molar-refractivity contribution in [1.82, 2.24) is 4.90 Å². The third-order valence-electron chi connectivity index (χ3n) is 2.90. The van der Waals surface area contributed by atoms with Crippen LogP contribution in [0.1, 0.15) is 40.4 Å². The molecule has 0 saturated heterocycles. The summed E-state index contributed by atoms with van der Waals surface area (Å²) in [5.74, 6) is -0.00564. The number of esters is 1. The van der Waals surface area contributed by atoms with Crippen LogP contribution in [0.25, 0.3) is 6.08 Å². The van der Waals surface area contributed by atoms with Gasteiger partial charge in [0.05, 0.1) is 25.5 Å². The van der Waals surface area contributed by atoms with E-state index in [1.165, 1.54) is 18.3 Å². The van der Waals surface area contributed by atoms with Crippen LogP contribution in [-0.4, -0.2) is 42.3 Å². The van der Waals surface area contributed by atoms with Gasteiger partial charge < -0.3 is 18.8 Å². The Labute approximate surface area is 137 Å². The smallest absolute Gasteiger partial charge is 0.410 e. The Bertz CT molecular complexity index is 552. The molecule has 1 heterocycles. The first kappa shape index (κ1) is 18.8. The quantitative estimate of drug-likeness (QED) is 0.613. The minimum absolute atomic E-state index is 0.0694. The number of methoxy groups -OCH3 is 1. The molecule has 1 aromatic heterocycles. The number of amides is 1. The number of carbonyl (C=O) groups excluding carboxylic acids is 2. The van der Waals surface area contributed by atoms with Gasteiger partial charge in [0, 0.05) is 6.04 Å². The van der Waals surface area contributed by atoms with Crippen LogP contribution in [0.3, 0.4) is 0 Å². The predicted octanol–water partition coefficient (Wildman–Crippen LogP) is 3.48. The topological polar surface area (TPSA) is 69.0 Å². The van der Waals surface area contributed by atoms with Gasteiger partial charge in [0.2, 0.25) is 0 Å². The number of rotatable bonds is 5. The molecule has 0 aliphatic heterocycles. The van der Waals surface area contributed by atoms with Crippen molar-refractivity contribution in [3.63, 3.8) is 0 Å². The highest BCUT2D eigenvalue weighted by molar-refractivity contribution is 5.94. The summed E-state index contributed by atoms with van der Waals surface area (Å²) >= 11 is 0. The van der Waals surface area contributed by atoms with Gasteiger partial charge in [0.1, 0.15) is 11.4 Å². The molecule has 0 unspecified atom stereocenters. The molecule has 0 fully saturated rings. The second-order valence-corrected chi connectivity index (χ2v) is 6.38. The molecule has 6 heteroatoms. The van der Waals surface area contributed by atoms with Gasteiger partial charge in [0.25, 0.3) is 0 Å². The van der Waals surface area contributed by atoms with Gasteiger partial charge in [-0.1, -0.05) is 0 Å². The molecule has 128 valence electrons. The van der Waals surface area contributed by atoms with E-state index in [2.05, 4.69) is 0 Å². The number of hydrogen-bond acceptors (Lipinski definition) is 5. The van der Waals surface area contributed by atoms with E-state index in [-0.39, 0.29) is 12.6 Å². The van der Waals surface area contributed by atoms with Crippen molar-refractivity contribution in [2.45, 2.75) is 46.3 Å². The van der Waals surface area contributed by atoms with E-state index in [9.17, 15) is 9.59 Å². The van der Waals surface area contributed by atoms with Crippen LogP contribution in [0, 0.1) is 0 Å². The summed E-state index contributed by atoms with van der Waals surface area (Å²) in [7, 11) is 1.30. The van der Waals surface area contributed by atoms with Gasteiger partial charge in [-0.25, -0.2) is 9.59 Å². The third kappa shape index (κ3) is 6.18. The first-order valence-electron chi connectivity index (χ1n) is 7.46. The summed E-state index contributed by atoms with van der Waals surface area (Å²) in [5.41, 5.74) is -0.303. The maximum absolute atomic E-state index is 12.4. The van der Waals surface area contributed by atoms with Crippen LogP contribution in [0.4, 0.5) is 4.79 Å². The fraction of sp³-hybridized carbons (Fsp3) is 0.529. The van der Waals surface area contributed by atoms with Crippen molar-refractivity contribution in [3.8, 4) is 0 Å². The largest absolute Gasteiger partial charge is 0.466 e. The molecule has 1 aromatic rings. The lowest BCUT2D eigenvalue weighted by atomic mass is 10.2. The summed E-state index contributed by atoms with van der Waals surface area (Å²) in [4.78, 5) is 25.8. The molecule has 0 aliphatic rings. The molecule has 0 aromatic carbocycles. The number of carbonyl (C=O) groups is 2. The van der Waals surface area contributed by atoms with E-state index in [1.807, 2.05) is 13.8 Å². The molecule has 0 spiro atoms. The van der Waals surface area contributed by atoms with Crippen molar-refractivity contribution in [3.05, 3.63) is 29.7 Å². The molecule has 1 amide bonds. The van der Waals surface area contributed by atoms with E-state index in [0.29, 0.717) is 11.3 Å². The Hall–Kier alpha value is -2.24. The summed E-state index contributed by atoms with van der Waals surface area (Å²) < 4.78 is 15.4. The van der Waals surface area contributed by atoms with Crippen molar-refractivity contribution in [2.24, 2.45) is 0 Å². The first-order valence-corrected chi connectivity index (χ1v) is 7.46. The molecule has 0 aliphatic carbocycles. The number of nitrogens with zero attached hydrogens (tertiary/aromatic N) is 1. The Morgan fingerprint density at radius 3 is 2.43 bits per heavy atom. The third-order valence-corrected chi connectivity index (χ3v) is 2.90. The normalized spacial score (nSPS) is 12.2. The van der Waals surface area contributed by atoms with Gasteiger partial charge in [0.15, 0.2) is 0 Å². The van der Waals surface area contributed by atoms with Crippen LogP contribution in [0.5, 0.6) is 0 Å². The standard InChI is InChI=1S/C17H25NO5/c1-12(2)18(16(20)23-17(3,4)5)11-13(15(19)21-6)10-14-8-7-9-22-14/h7-10,12H,11H2,1-6H3/b13-10+. The maximum Gasteiger partial charge on any atom is 0.410 e. The fourth-order valence-electron chi connectivity index (χ4n) is 1.81. The highest BCUT2D eigenvalue weighted by atomic mass is 16.6. The van der Waals surface area contributed by atoms with Gasteiger partial charge in [-0.15, -0.1) is 0 Å². The number of furan rings is 1. The monoisotopic (exact) mass is 323 g/mol. The lowest BCUT2D eigenvalue weighted by Gasteiger charge is -2.30. The zero-order valence-electron chi connectivity index (χ0n) is 14.6. The van der Waals surface area contributed by atoms with Crippen molar-refractivity contribution < 1.29 is 23.5 Å². The summed E-state index contributed by atoms with van der Waals surface area (Å²) in [6, 6.07) is 3.29. The average molecular weight is 323 g/mol. The molecule has 0 atom stereocenters. The molecule has 0 N–H and O–H groups in total. The maximum atomic E-state index is 12.4. The van der Waals surface area contributed by atoms with Crippen LogP contribution >= 0.6 is 0 Å². The van der Waals surface area contributed by atoms with Gasteiger partial charge in [-0.3, -0.25) is 0 Å². The molecule has 6 nitrogen and oxygen atoms in total. The Morgan fingerprint density at radius 2 is 2.00 bits per heavy atom. The van der Waals surface area contributed by atoms with Crippen molar-refractivity contribution in [1.29, 1.82) is 0 Å². The van der Waals surface area contributed by atoms with Gasteiger partial charge in [-0.05, 0) is 52.8 Å². The van der Waals surface area contributed by atoms with E-state index in [4.69, 9.17) is 13.9 Å². The lowest BCUT2D eigenvalue weighted by molar-refractivity contribution is -0.136. The minimum Gasteiger partial charge on any atom is -0.466 e. The molecule has 0 bridgehead atoms. The second-order valence-electron chi connectivity index (χ2n) is 6.38. The van der Waals surface area contributed by atoms with E-state index in [1.54, 1.807) is 39.0 Å². The zero-order valence-corrected chi connectivity index (χ0v) is 14.6. The second kappa shape index (κ2) is 7.85. The summed E-state index contributed by atoms with van der Waals surface area (Å²) in [6.45, 7) is 9.16. The molecule has 0 saturated carbocycles. The van der Waals surface area contributed by atoms with Gasteiger partial charge >= 0.3 is 12.1 Å². The number of hydrogen-bond donors (Lipinski definition) is 0. The Kier molecular flexibility index (Phi) is 6.42. The Morgan fingerprint density at radius 1 is 1.35 bits per heavy atom. The fourth-order valence-corrected chi connectivity index (χ4v) is 1.81. The first-order chi connectivity index (χ1) is 10.6. The molecule has 23 heavy (non-hydrogen) atoms. The molecular weight excluding hydrogens is 298 g/mol. The van der Waals surface area contributed by atoms with E-state index < -0.39 is 17.7 Å². The zero-order chi connectivity index (χ0) is 17.6. The van der Waals surface area contributed by atoms with E-state index in [0.717, 1.165) is 0 Å². The van der Waals surface area contributed by atoms with Crippen LogP contribution in [0.15, 0.2) is 28.4 Å². The minimum atomic E-state index is -0.611. The molecule has 0 radical (unpaired) electrons. The highest BCUT2D eigenvalue weighted by Gasteiger charge is 2.26. The summed E-state index contributed by atoms with van der Waals surface area (Å²) in [6.07, 6.45) is 2.59. The number of ether oxygens (including phenoxy) is 2. The molecule has 1 rings (SSSR count). The lowest BCUT2D eigenvalue weighted by Crippen LogP contribution is -2.42. The SMILES string of the molecule is COC(=O)/C(=C/c1ccco1)CN(C(=O)OC(C)(C)C)C(C)C. The predicted molar refractivity (Wildman–Crippen MR) is 86.8 cm³/mol. The van der Waals surface area contributed by atoms with Crippen LogP contribution < -0.4 is 0 Å². The van der Waals surface area contributed by atoms with Gasteiger partial charge in [-0.2, -0.15) is 0 Å². The van der Waals surface area contributed by atoms with Crippen molar-refractivity contribution in [2.75, 3.05) is 13.7 Å². The van der Waals surface area contributed by atoms with E-state index >= 15 is 0 Å². The highest BCUT2D eigenvalue weighted by Crippen LogP contribution is 2.16. The summed E-state index contributed by atoms with van der Waals surface area (Å²) in [5, 5.41) is 0.